The third-order valence-electron chi connectivity index (χ3n) is 1.05. The fourth-order valence-electron chi connectivity index (χ4n) is 0.600. The maximum absolute atomic E-state index is 10.1. The molecule has 5 heteroatoms. The van der Waals surface area contributed by atoms with E-state index in [4.69, 9.17) is 11.6 Å². The molecule has 4 nitrogen and oxygen atoms in total. The molecule has 0 atom stereocenters. The van der Waals surface area contributed by atoms with Gasteiger partial charge in [0.15, 0.2) is 0 Å². The first-order chi connectivity index (χ1) is 6.13. The molecule has 1 aromatic rings. The van der Waals surface area contributed by atoms with Crippen LogP contribution in [0.4, 0.5) is 5.69 Å². The number of nitro benzene ring substituents is 1. The largest absolute Gasteiger partial charge is 0.388 e. The van der Waals surface area contributed by atoms with Crippen molar-refractivity contribution >= 4 is 17.3 Å². The molecule has 1 rings (SSSR count). The number of methoxy groups -OCH3 is 1. The van der Waals surface area contributed by atoms with Crippen LogP contribution in [0.5, 0.6) is 0 Å². The summed E-state index contributed by atoms with van der Waals surface area (Å²) in [6.45, 7) is 0. The molecule has 0 radical (unpaired) electrons. The van der Waals surface area contributed by atoms with Crippen LogP contribution in [0.3, 0.4) is 0 Å². The predicted octanol–water partition coefficient (Wildman–Crippen LogP) is 2.51. The molecule has 0 saturated carbocycles. The van der Waals surface area contributed by atoms with E-state index in [2.05, 4.69) is 4.74 Å². The Bertz CT molecular complexity index is 278. The van der Waals surface area contributed by atoms with Gasteiger partial charge in [-0.15, -0.1) is 0 Å². The van der Waals surface area contributed by atoms with Gasteiger partial charge in [-0.2, -0.15) is 0 Å². The van der Waals surface area contributed by atoms with E-state index < -0.39 is 4.92 Å². The van der Waals surface area contributed by atoms with Gasteiger partial charge in [0.05, 0.1) is 4.92 Å². The highest BCUT2D eigenvalue weighted by Gasteiger charge is 2.08. The first kappa shape index (κ1) is 11.9. The van der Waals surface area contributed by atoms with Crippen molar-refractivity contribution in [2.24, 2.45) is 0 Å². The number of rotatable bonds is 1. The van der Waals surface area contributed by atoms with E-state index in [0.717, 1.165) is 0 Å². The molecule has 0 spiro atoms. The average Bonchev–Trinajstić information content (AvgIpc) is 2.06. The summed E-state index contributed by atoms with van der Waals surface area (Å²) < 4.78 is 4.25. The minimum absolute atomic E-state index is 0.0517. The lowest BCUT2D eigenvalue weighted by Gasteiger charge is -1.90. The lowest BCUT2D eigenvalue weighted by Crippen LogP contribution is -1.87. The Morgan fingerprint density at radius 1 is 1.38 bits per heavy atom. The van der Waals surface area contributed by atoms with E-state index in [1.165, 1.54) is 12.1 Å². The first-order valence-electron chi connectivity index (χ1n) is 3.42. The zero-order chi connectivity index (χ0) is 10.3. The summed E-state index contributed by atoms with van der Waals surface area (Å²) in [6.07, 6.45) is 0. The Hall–Kier alpha value is -1.13. The quantitative estimate of drug-likeness (QED) is 0.521. The van der Waals surface area contributed by atoms with Crippen LogP contribution in [0.1, 0.15) is 0 Å². The lowest BCUT2D eigenvalue weighted by molar-refractivity contribution is -0.384. The summed E-state index contributed by atoms with van der Waals surface area (Å²) >= 11 is 5.48. The molecule has 0 aliphatic carbocycles. The van der Waals surface area contributed by atoms with Crippen molar-refractivity contribution in [1.29, 1.82) is 0 Å². The second-order valence-electron chi connectivity index (χ2n) is 2.12. The van der Waals surface area contributed by atoms with E-state index >= 15 is 0 Å². The van der Waals surface area contributed by atoms with Crippen molar-refractivity contribution < 1.29 is 9.66 Å². The normalized spacial score (nSPS) is 8.54. The van der Waals surface area contributed by atoms with Gasteiger partial charge in [-0.05, 0) is 6.07 Å². The number of hydrogen-bond acceptors (Lipinski definition) is 3. The van der Waals surface area contributed by atoms with Crippen molar-refractivity contribution in [3.8, 4) is 0 Å². The SMILES string of the molecule is COC.O=[N+]([O-])c1ccccc1Cl. The third-order valence-corrected chi connectivity index (χ3v) is 1.37. The van der Waals surface area contributed by atoms with Crippen molar-refractivity contribution in [2.45, 2.75) is 0 Å². The van der Waals surface area contributed by atoms with E-state index in [9.17, 15) is 10.1 Å². The highest BCUT2D eigenvalue weighted by molar-refractivity contribution is 6.32. The Labute approximate surface area is 81.2 Å². The van der Waals surface area contributed by atoms with E-state index in [-0.39, 0.29) is 10.7 Å². The number of nitro groups is 1. The fourth-order valence-corrected chi connectivity index (χ4v) is 0.805. The zero-order valence-electron chi connectivity index (χ0n) is 7.36. The minimum Gasteiger partial charge on any atom is -0.388 e. The van der Waals surface area contributed by atoms with Crippen molar-refractivity contribution in [3.63, 3.8) is 0 Å². The van der Waals surface area contributed by atoms with Gasteiger partial charge in [0.25, 0.3) is 5.69 Å². The highest BCUT2D eigenvalue weighted by Crippen LogP contribution is 2.21. The number of para-hydroxylation sites is 1. The molecule has 0 N–H and O–H groups in total. The molecule has 13 heavy (non-hydrogen) atoms. The molecule has 0 fully saturated rings. The molecule has 72 valence electrons. The van der Waals surface area contributed by atoms with Crippen LogP contribution in [0.15, 0.2) is 24.3 Å². The topological polar surface area (TPSA) is 52.4 Å². The summed E-state index contributed by atoms with van der Waals surface area (Å²) in [5, 5.41) is 10.3. The number of halogens is 1. The molecule has 0 amide bonds. The smallest absolute Gasteiger partial charge is 0.287 e. The first-order valence-corrected chi connectivity index (χ1v) is 3.80. The number of benzene rings is 1. The van der Waals surface area contributed by atoms with Gasteiger partial charge in [-0.1, -0.05) is 23.7 Å². The number of ether oxygens (including phenoxy) is 1. The van der Waals surface area contributed by atoms with Gasteiger partial charge in [-0.3, -0.25) is 10.1 Å². The van der Waals surface area contributed by atoms with Gasteiger partial charge in [0, 0.05) is 20.3 Å². The molecular weight excluding hydrogens is 194 g/mol. The zero-order valence-corrected chi connectivity index (χ0v) is 8.12. The molecule has 0 unspecified atom stereocenters. The van der Waals surface area contributed by atoms with E-state index in [1.807, 2.05) is 0 Å². The molecule has 0 aliphatic rings. The molecule has 1 aromatic carbocycles. The Morgan fingerprint density at radius 3 is 2.15 bits per heavy atom. The van der Waals surface area contributed by atoms with Crippen LogP contribution in [-0.4, -0.2) is 19.1 Å². The van der Waals surface area contributed by atoms with Gasteiger partial charge in [0.2, 0.25) is 0 Å². The van der Waals surface area contributed by atoms with Crippen LogP contribution in [0.25, 0.3) is 0 Å². The van der Waals surface area contributed by atoms with Gasteiger partial charge in [-0.25, -0.2) is 0 Å². The third kappa shape index (κ3) is 4.45. The molecule has 0 aromatic heterocycles. The van der Waals surface area contributed by atoms with Crippen LogP contribution < -0.4 is 0 Å². The minimum atomic E-state index is -0.512. The summed E-state index contributed by atoms with van der Waals surface area (Å²) in [4.78, 5) is 9.63. The summed E-state index contributed by atoms with van der Waals surface area (Å²) in [6, 6.07) is 6.07. The Morgan fingerprint density at radius 2 is 1.85 bits per heavy atom. The summed E-state index contributed by atoms with van der Waals surface area (Å²) in [5.74, 6) is 0. The molecular formula is C8H10ClNO3. The second kappa shape index (κ2) is 6.39. The number of nitrogens with zero attached hydrogens (tertiary/aromatic N) is 1. The van der Waals surface area contributed by atoms with Gasteiger partial charge >= 0.3 is 0 Å². The molecule has 0 aliphatic heterocycles. The highest BCUT2D eigenvalue weighted by atomic mass is 35.5. The molecule has 0 bridgehead atoms. The number of hydrogen-bond donors (Lipinski definition) is 0. The standard InChI is InChI=1S/C6H4ClNO2.C2H6O/c7-5-3-1-2-4-6(5)8(9)10;1-3-2/h1-4H;1-2H3. The average molecular weight is 204 g/mol. The van der Waals surface area contributed by atoms with E-state index in [0.29, 0.717) is 0 Å². The van der Waals surface area contributed by atoms with Crippen molar-refractivity contribution in [3.05, 3.63) is 39.4 Å². The Kier molecular flexibility index (Phi) is 5.84. The maximum atomic E-state index is 10.1. The summed E-state index contributed by atoms with van der Waals surface area (Å²) in [5.41, 5.74) is -0.0517. The van der Waals surface area contributed by atoms with E-state index in [1.54, 1.807) is 26.4 Å². The molecule has 0 saturated heterocycles. The summed E-state index contributed by atoms with van der Waals surface area (Å²) in [7, 11) is 3.25. The van der Waals surface area contributed by atoms with Crippen LogP contribution in [0.2, 0.25) is 5.02 Å². The van der Waals surface area contributed by atoms with Gasteiger partial charge in [0.1, 0.15) is 5.02 Å². The monoisotopic (exact) mass is 203 g/mol. The van der Waals surface area contributed by atoms with Crippen LogP contribution in [-0.2, 0) is 4.74 Å². The lowest BCUT2D eigenvalue weighted by atomic mass is 10.3. The van der Waals surface area contributed by atoms with Crippen LogP contribution in [0, 0.1) is 10.1 Å². The van der Waals surface area contributed by atoms with Crippen LogP contribution >= 0.6 is 11.6 Å². The molecule has 0 heterocycles. The van der Waals surface area contributed by atoms with Crippen molar-refractivity contribution in [2.75, 3.05) is 14.2 Å². The second-order valence-corrected chi connectivity index (χ2v) is 2.52. The van der Waals surface area contributed by atoms with Gasteiger partial charge < -0.3 is 4.74 Å². The van der Waals surface area contributed by atoms with Crippen molar-refractivity contribution in [1.82, 2.24) is 0 Å². The maximum Gasteiger partial charge on any atom is 0.287 e. The fraction of sp³-hybridized carbons (Fsp3) is 0.250. The Balaban J connectivity index is 0.000000424. The predicted molar refractivity (Wildman–Crippen MR) is 51.0 cm³/mol.